The number of fused-ring (bicyclic) bond motifs is 1. The molecule has 180 valence electrons. The maximum Gasteiger partial charge on any atom is 0.348 e. The Morgan fingerprint density at radius 3 is 2.59 bits per heavy atom. The van der Waals surface area contributed by atoms with Gasteiger partial charge in [-0.3, -0.25) is 14.2 Å². The van der Waals surface area contributed by atoms with Gasteiger partial charge in [-0.2, -0.15) is 0 Å². The second-order valence-corrected chi connectivity index (χ2v) is 9.16. The van der Waals surface area contributed by atoms with Crippen molar-refractivity contribution in [2.45, 2.75) is 38.9 Å². The largest absolute Gasteiger partial charge is 0.465 e. The van der Waals surface area contributed by atoms with E-state index in [-0.39, 0.29) is 39.9 Å². The van der Waals surface area contributed by atoms with Gasteiger partial charge < -0.3 is 14.8 Å². The van der Waals surface area contributed by atoms with Crippen molar-refractivity contribution in [3.05, 3.63) is 50.6 Å². The number of ether oxygens (including phenoxy) is 2. The van der Waals surface area contributed by atoms with Crippen LogP contribution in [0, 0.1) is 6.92 Å². The molecule has 0 bridgehead atoms. The first-order chi connectivity index (χ1) is 16.3. The summed E-state index contributed by atoms with van der Waals surface area (Å²) in [5, 5.41) is 4.02. The van der Waals surface area contributed by atoms with Crippen LogP contribution in [0.1, 0.15) is 45.9 Å². The molecular weight excluding hydrogens is 478 g/mol. The molecule has 1 aromatic carbocycles. The van der Waals surface area contributed by atoms with E-state index >= 15 is 0 Å². The Morgan fingerprint density at radius 1 is 1.18 bits per heavy atom. The van der Waals surface area contributed by atoms with Crippen LogP contribution in [-0.4, -0.2) is 46.9 Å². The Kier molecular flexibility index (Phi) is 8.46. The molecule has 3 aromatic rings. The third kappa shape index (κ3) is 5.31. The van der Waals surface area contributed by atoms with Crippen molar-refractivity contribution in [2.75, 3.05) is 24.8 Å². The van der Waals surface area contributed by atoms with E-state index in [1.807, 2.05) is 13.0 Å². The van der Waals surface area contributed by atoms with Crippen molar-refractivity contribution >= 4 is 56.8 Å². The van der Waals surface area contributed by atoms with Gasteiger partial charge >= 0.3 is 11.9 Å². The Labute approximate surface area is 204 Å². The number of para-hydroxylation sites is 1. The van der Waals surface area contributed by atoms with Gasteiger partial charge in [0.2, 0.25) is 5.91 Å². The van der Waals surface area contributed by atoms with E-state index < -0.39 is 11.9 Å². The molecule has 2 aromatic heterocycles. The summed E-state index contributed by atoms with van der Waals surface area (Å²) in [4.78, 5) is 54.7. The van der Waals surface area contributed by atoms with Crippen LogP contribution in [0.15, 0.2) is 34.2 Å². The van der Waals surface area contributed by atoms with E-state index in [0.29, 0.717) is 33.9 Å². The Balaban J connectivity index is 1.75. The quantitative estimate of drug-likeness (QED) is 0.266. The number of hydrogen-bond acceptors (Lipinski definition) is 9. The topological polar surface area (TPSA) is 117 Å². The Bertz CT molecular complexity index is 1300. The molecule has 1 amide bonds. The number of nitrogens with zero attached hydrogens (tertiary/aromatic N) is 2. The summed E-state index contributed by atoms with van der Waals surface area (Å²) < 4.78 is 11.4. The normalized spacial score (nSPS) is 10.8. The fourth-order valence-electron chi connectivity index (χ4n) is 3.30. The molecule has 0 saturated heterocycles. The number of amides is 1. The monoisotopic (exact) mass is 503 g/mol. The number of carbonyl (C=O) groups is 3. The predicted octanol–water partition coefficient (Wildman–Crippen LogP) is 3.87. The Morgan fingerprint density at radius 2 is 1.91 bits per heavy atom. The van der Waals surface area contributed by atoms with Gasteiger partial charge in [0.1, 0.15) is 9.88 Å². The molecule has 0 fully saturated rings. The highest BCUT2D eigenvalue weighted by Gasteiger charge is 2.27. The lowest BCUT2D eigenvalue weighted by Gasteiger charge is -2.11. The van der Waals surface area contributed by atoms with E-state index in [1.165, 1.54) is 18.9 Å². The molecule has 1 N–H and O–H groups in total. The number of nitrogens with one attached hydrogen (secondary N) is 1. The highest BCUT2D eigenvalue weighted by atomic mass is 32.2. The van der Waals surface area contributed by atoms with Crippen molar-refractivity contribution in [1.82, 2.24) is 9.55 Å². The molecule has 0 spiro atoms. The number of anilines is 1. The van der Waals surface area contributed by atoms with E-state index in [9.17, 15) is 19.2 Å². The van der Waals surface area contributed by atoms with E-state index in [4.69, 9.17) is 9.47 Å². The van der Waals surface area contributed by atoms with Crippen molar-refractivity contribution in [1.29, 1.82) is 0 Å². The molecule has 11 heteroatoms. The zero-order valence-electron chi connectivity index (χ0n) is 19.3. The van der Waals surface area contributed by atoms with Crippen molar-refractivity contribution in [3.8, 4) is 0 Å². The average molecular weight is 504 g/mol. The minimum absolute atomic E-state index is 0.101. The summed E-state index contributed by atoms with van der Waals surface area (Å²) in [6.07, 6.45) is 0.101. The van der Waals surface area contributed by atoms with Crippen LogP contribution in [0.5, 0.6) is 0 Å². The number of esters is 2. The highest BCUT2D eigenvalue weighted by molar-refractivity contribution is 7.99. The van der Waals surface area contributed by atoms with Crippen LogP contribution in [0.2, 0.25) is 0 Å². The second-order valence-electron chi connectivity index (χ2n) is 7.08. The number of aromatic nitrogens is 2. The number of hydrogen-bond donors (Lipinski definition) is 1. The lowest BCUT2D eigenvalue weighted by Crippen LogP contribution is -2.22. The van der Waals surface area contributed by atoms with E-state index in [0.717, 1.165) is 11.3 Å². The molecule has 0 saturated carbocycles. The first-order valence-electron chi connectivity index (χ1n) is 10.6. The zero-order chi connectivity index (χ0) is 24.8. The fraction of sp³-hybridized carbons (Fsp3) is 0.348. The van der Waals surface area contributed by atoms with Crippen molar-refractivity contribution < 1.29 is 23.9 Å². The van der Waals surface area contributed by atoms with Gasteiger partial charge in [-0.1, -0.05) is 23.9 Å². The van der Waals surface area contributed by atoms with Crippen LogP contribution in [-0.2, 0) is 20.8 Å². The number of carbonyl (C=O) groups excluding carboxylic acids is 3. The van der Waals surface area contributed by atoms with Crippen LogP contribution in [0.3, 0.4) is 0 Å². The minimum atomic E-state index is -0.652. The Hall–Kier alpha value is -3.18. The smallest absolute Gasteiger partial charge is 0.348 e. The number of methoxy groups -OCH3 is 1. The van der Waals surface area contributed by atoms with E-state index in [1.54, 1.807) is 36.6 Å². The van der Waals surface area contributed by atoms with Crippen molar-refractivity contribution in [3.63, 3.8) is 0 Å². The van der Waals surface area contributed by atoms with Gasteiger partial charge in [-0.05, 0) is 38.5 Å². The summed E-state index contributed by atoms with van der Waals surface area (Å²) in [5.41, 5.74) is 1.01. The maximum absolute atomic E-state index is 12.7. The van der Waals surface area contributed by atoms with Gasteiger partial charge in [0.25, 0.3) is 5.56 Å². The summed E-state index contributed by atoms with van der Waals surface area (Å²) in [5.74, 6) is -1.20. The fourth-order valence-corrected chi connectivity index (χ4v) is 5.41. The van der Waals surface area contributed by atoms with Gasteiger partial charge in [0, 0.05) is 18.7 Å². The van der Waals surface area contributed by atoms with Crippen LogP contribution in [0.4, 0.5) is 5.00 Å². The molecule has 0 aliphatic carbocycles. The summed E-state index contributed by atoms with van der Waals surface area (Å²) in [6.45, 7) is 5.80. The molecule has 34 heavy (non-hydrogen) atoms. The molecule has 3 rings (SSSR count). The molecule has 0 aliphatic rings. The molecule has 9 nitrogen and oxygen atoms in total. The minimum Gasteiger partial charge on any atom is -0.465 e. The first kappa shape index (κ1) is 25.4. The molecule has 0 unspecified atom stereocenters. The zero-order valence-corrected chi connectivity index (χ0v) is 20.9. The van der Waals surface area contributed by atoms with Gasteiger partial charge in [0.05, 0.1) is 30.2 Å². The van der Waals surface area contributed by atoms with Gasteiger partial charge in [0.15, 0.2) is 5.16 Å². The molecule has 2 heterocycles. The lowest BCUT2D eigenvalue weighted by molar-refractivity contribution is -0.115. The summed E-state index contributed by atoms with van der Waals surface area (Å²) in [6, 6.07) is 7.14. The third-order valence-corrected chi connectivity index (χ3v) is 7.12. The average Bonchev–Trinajstić information content (AvgIpc) is 3.14. The standard InChI is InChI=1S/C23H25N3O6S2/c1-5-26-20(28)14-9-7-8-10-15(14)24-23(26)33-12-11-16(27)25-19-17(21(29)31-4)13(3)18(34-19)22(30)32-6-2/h7-10H,5-6,11-12H2,1-4H3,(H,25,27). The number of thioether (sulfide) groups is 1. The van der Waals surface area contributed by atoms with E-state index in [2.05, 4.69) is 10.3 Å². The summed E-state index contributed by atoms with van der Waals surface area (Å²) >= 11 is 2.28. The van der Waals surface area contributed by atoms with Crippen LogP contribution < -0.4 is 10.9 Å². The number of rotatable bonds is 9. The third-order valence-electron chi connectivity index (χ3n) is 4.95. The highest BCUT2D eigenvalue weighted by Crippen LogP contribution is 2.34. The van der Waals surface area contributed by atoms with Crippen LogP contribution in [0.25, 0.3) is 10.9 Å². The van der Waals surface area contributed by atoms with Crippen LogP contribution >= 0.6 is 23.1 Å². The number of thiophene rings is 1. The summed E-state index contributed by atoms with van der Waals surface area (Å²) in [7, 11) is 1.23. The van der Waals surface area contributed by atoms with Gasteiger partial charge in [-0.25, -0.2) is 14.6 Å². The predicted molar refractivity (Wildman–Crippen MR) is 132 cm³/mol. The van der Waals surface area contributed by atoms with Crippen molar-refractivity contribution in [2.24, 2.45) is 0 Å². The molecule has 0 atom stereocenters. The second kappa shape index (κ2) is 11.3. The van der Waals surface area contributed by atoms with Gasteiger partial charge in [-0.15, -0.1) is 11.3 Å². The molecular formula is C23H25N3O6S2. The molecule has 0 aliphatic heterocycles. The lowest BCUT2D eigenvalue weighted by atomic mass is 10.1. The SMILES string of the molecule is CCOC(=O)c1sc(NC(=O)CCSc2nc3ccccc3c(=O)n2CC)c(C(=O)OC)c1C. The number of benzene rings is 1. The maximum atomic E-state index is 12.7. The molecule has 0 radical (unpaired) electrons. The first-order valence-corrected chi connectivity index (χ1v) is 12.4.